The number of benzene rings is 3. The molecule has 4 aromatic rings. The number of ether oxygens (including phenoxy) is 3. The second-order valence-electron chi connectivity index (χ2n) is 7.95. The van der Waals surface area contributed by atoms with E-state index in [1.54, 1.807) is 17.0 Å². The number of hydrogen-bond acceptors (Lipinski definition) is 6. The summed E-state index contributed by atoms with van der Waals surface area (Å²) >= 11 is 1.51. The van der Waals surface area contributed by atoms with Crippen LogP contribution in [0.2, 0.25) is 0 Å². The molecule has 1 heterocycles. The van der Waals surface area contributed by atoms with Gasteiger partial charge in [-0.05, 0) is 63.1 Å². The van der Waals surface area contributed by atoms with E-state index >= 15 is 0 Å². The van der Waals surface area contributed by atoms with Crippen LogP contribution in [0, 0.1) is 6.92 Å². The van der Waals surface area contributed by atoms with E-state index in [2.05, 4.69) is 13.0 Å². The summed E-state index contributed by atoms with van der Waals surface area (Å²) in [5.41, 5.74) is 3.49. The van der Waals surface area contributed by atoms with E-state index in [1.165, 1.54) is 11.3 Å². The highest BCUT2D eigenvalue weighted by atomic mass is 32.1. The Bertz CT molecular complexity index is 1280. The fourth-order valence-electron chi connectivity index (χ4n) is 3.80. The molecule has 0 N–H and O–H groups in total. The normalized spacial score (nSPS) is 10.9. The van der Waals surface area contributed by atoms with E-state index in [1.807, 2.05) is 63.2 Å². The topological polar surface area (TPSA) is 60.9 Å². The second kappa shape index (κ2) is 11.2. The summed E-state index contributed by atoms with van der Waals surface area (Å²) in [6.07, 6.45) is 0. The lowest BCUT2D eigenvalue weighted by atomic mass is 10.1. The molecule has 0 radical (unpaired) electrons. The maximum Gasteiger partial charge on any atom is 0.260 e. The number of rotatable bonds is 10. The number of anilines is 1. The molecule has 0 aliphatic heterocycles. The number of aryl methyl sites for hydroxylation is 1. The van der Waals surface area contributed by atoms with Gasteiger partial charge in [-0.25, -0.2) is 4.98 Å². The average molecular weight is 491 g/mol. The summed E-state index contributed by atoms with van der Waals surface area (Å²) in [6, 6.07) is 19.5. The van der Waals surface area contributed by atoms with Crippen LogP contribution in [0.15, 0.2) is 60.7 Å². The molecule has 0 saturated heterocycles. The van der Waals surface area contributed by atoms with Gasteiger partial charge in [-0.15, -0.1) is 0 Å². The van der Waals surface area contributed by atoms with Gasteiger partial charge in [0.1, 0.15) is 0 Å². The van der Waals surface area contributed by atoms with E-state index in [-0.39, 0.29) is 5.91 Å². The van der Waals surface area contributed by atoms with Crippen molar-refractivity contribution < 1.29 is 19.0 Å². The number of hydrogen-bond donors (Lipinski definition) is 0. The number of carbonyl (C=O) groups excluding carboxylic acids is 1. The van der Waals surface area contributed by atoms with Crippen LogP contribution in [0.3, 0.4) is 0 Å². The zero-order chi connectivity index (χ0) is 24.8. The Morgan fingerprint density at radius 1 is 0.886 bits per heavy atom. The summed E-state index contributed by atoms with van der Waals surface area (Å²) in [5, 5.41) is 0.643. The van der Waals surface area contributed by atoms with Gasteiger partial charge >= 0.3 is 0 Å². The Kier molecular flexibility index (Phi) is 7.87. The Balaban J connectivity index is 1.81. The van der Waals surface area contributed by atoms with E-state index in [0.717, 1.165) is 21.3 Å². The highest BCUT2D eigenvalue weighted by molar-refractivity contribution is 7.22. The van der Waals surface area contributed by atoms with E-state index in [9.17, 15) is 4.79 Å². The molecule has 3 aromatic carbocycles. The van der Waals surface area contributed by atoms with Gasteiger partial charge in [0.15, 0.2) is 16.6 Å². The van der Waals surface area contributed by atoms with Crippen LogP contribution in [0.1, 0.15) is 42.3 Å². The van der Waals surface area contributed by atoms with Gasteiger partial charge in [0.05, 0.1) is 36.6 Å². The van der Waals surface area contributed by atoms with Crippen molar-refractivity contribution in [1.82, 2.24) is 4.98 Å². The highest BCUT2D eigenvalue weighted by Crippen LogP contribution is 2.40. The smallest absolute Gasteiger partial charge is 0.260 e. The van der Waals surface area contributed by atoms with E-state index < -0.39 is 0 Å². The van der Waals surface area contributed by atoms with Gasteiger partial charge in [-0.1, -0.05) is 47.7 Å². The Morgan fingerprint density at radius 2 is 1.54 bits per heavy atom. The lowest BCUT2D eigenvalue weighted by Gasteiger charge is -2.22. The van der Waals surface area contributed by atoms with Crippen LogP contribution in [0.25, 0.3) is 10.2 Å². The molecule has 0 aliphatic carbocycles. The number of nitrogens with zero attached hydrogens (tertiary/aromatic N) is 2. The van der Waals surface area contributed by atoms with Gasteiger partial charge in [-0.2, -0.15) is 0 Å². The van der Waals surface area contributed by atoms with E-state index in [0.29, 0.717) is 54.3 Å². The van der Waals surface area contributed by atoms with Crippen LogP contribution in [0.4, 0.5) is 5.13 Å². The molecule has 0 atom stereocenters. The number of carbonyl (C=O) groups is 1. The molecule has 0 aliphatic rings. The summed E-state index contributed by atoms with van der Waals surface area (Å²) in [5.74, 6) is 1.30. The molecule has 7 heteroatoms. The molecule has 1 amide bonds. The third kappa shape index (κ3) is 5.57. The van der Waals surface area contributed by atoms with Gasteiger partial charge in [0, 0.05) is 5.56 Å². The quantitative estimate of drug-likeness (QED) is 0.249. The summed E-state index contributed by atoms with van der Waals surface area (Å²) < 4.78 is 18.5. The zero-order valence-corrected chi connectivity index (χ0v) is 21.4. The maximum absolute atomic E-state index is 14.0. The van der Waals surface area contributed by atoms with Crippen LogP contribution in [0.5, 0.6) is 17.2 Å². The van der Waals surface area contributed by atoms with Crippen molar-refractivity contribution in [3.05, 3.63) is 77.4 Å². The molecular weight excluding hydrogens is 460 g/mol. The molecule has 0 unspecified atom stereocenters. The molecule has 4 rings (SSSR count). The van der Waals surface area contributed by atoms with Crippen LogP contribution < -0.4 is 19.1 Å². The molecule has 35 heavy (non-hydrogen) atoms. The van der Waals surface area contributed by atoms with Crippen LogP contribution in [-0.4, -0.2) is 30.7 Å². The predicted molar refractivity (Wildman–Crippen MR) is 141 cm³/mol. The van der Waals surface area contributed by atoms with Crippen molar-refractivity contribution in [3.8, 4) is 17.2 Å². The van der Waals surface area contributed by atoms with Crippen molar-refractivity contribution in [1.29, 1.82) is 0 Å². The third-order valence-electron chi connectivity index (χ3n) is 5.35. The standard InChI is InChI=1S/C28H30N2O4S/c1-5-32-23-16-21(17-24(33-6-2)26(23)34-7-3)27(31)30(18-20-11-9-8-10-12-20)28-29-22-14-13-19(4)15-25(22)35-28/h8-17H,5-7,18H2,1-4H3. The highest BCUT2D eigenvalue weighted by Gasteiger charge is 2.25. The van der Waals surface area contributed by atoms with Crippen molar-refractivity contribution in [2.45, 2.75) is 34.2 Å². The first-order chi connectivity index (χ1) is 17.0. The first-order valence-electron chi connectivity index (χ1n) is 11.8. The zero-order valence-electron chi connectivity index (χ0n) is 20.5. The SMILES string of the molecule is CCOc1cc(C(=O)N(Cc2ccccc2)c2nc3ccc(C)cc3s2)cc(OCC)c1OCC. The second-order valence-corrected chi connectivity index (χ2v) is 8.95. The molecule has 0 spiro atoms. The minimum atomic E-state index is -0.186. The van der Waals surface area contributed by atoms with Gasteiger partial charge in [-0.3, -0.25) is 9.69 Å². The minimum absolute atomic E-state index is 0.186. The number of thiazole rings is 1. The fourth-order valence-corrected chi connectivity index (χ4v) is 4.86. The molecular formula is C28H30N2O4S. The fraction of sp³-hybridized carbons (Fsp3) is 0.286. The first-order valence-corrected chi connectivity index (χ1v) is 12.6. The largest absolute Gasteiger partial charge is 0.490 e. The van der Waals surface area contributed by atoms with Crippen LogP contribution >= 0.6 is 11.3 Å². The molecule has 0 fully saturated rings. The molecule has 0 bridgehead atoms. The Morgan fingerprint density at radius 3 is 2.17 bits per heavy atom. The molecule has 6 nitrogen and oxygen atoms in total. The monoisotopic (exact) mass is 490 g/mol. The number of fused-ring (bicyclic) bond motifs is 1. The molecule has 1 aromatic heterocycles. The summed E-state index contributed by atoms with van der Waals surface area (Å²) in [4.78, 5) is 20.5. The summed E-state index contributed by atoms with van der Waals surface area (Å²) in [7, 11) is 0. The lowest BCUT2D eigenvalue weighted by Crippen LogP contribution is -2.30. The summed E-state index contributed by atoms with van der Waals surface area (Å²) in [6.45, 7) is 9.47. The molecule has 0 saturated carbocycles. The van der Waals surface area contributed by atoms with Crippen LogP contribution in [-0.2, 0) is 6.54 Å². The van der Waals surface area contributed by atoms with Gasteiger partial charge in [0.2, 0.25) is 5.75 Å². The lowest BCUT2D eigenvalue weighted by molar-refractivity contribution is 0.0984. The number of amides is 1. The first kappa shape index (κ1) is 24.5. The van der Waals surface area contributed by atoms with Gasteiger partial charge < -0.3 is 14.2 Å². The van der Waals surface area contributed by atoms with Crippen molar-refractivity contribution in [2.75, 3.05) is 24.7 Å². The number of aromatic nitrogens is 1. The maximum atomic E-state index is 14.0. The van der Waals surface area contributed by atoms with E-state index in [4.69, 9.17) is 19.2 Å². The van der Waals surface area contributed by atoms with Crippen molar-refractivity contribution in [2.24, 2.45) is 0 Å². The Labute approximate surface area is 210 Å². The van der Waals surface area contributed by atoms with Gasteiger partial charge in [0.25, 0.3) is 5.91 Å². The average Bonchev–Trinajstić information content (AvgIpc) is 3.27. The molecule has 182 valence electrons. The van der Waals surface area contributed by atoms with Crippen molar-refractivity contribution in [3.63, 3.8) is 0 Å². The minimum Gasteiger partial charge on any atom is -0.490 e. The third-order valence-corrected chi connectivity index (χ3v) is 6.39. The Hall–Kier alpha value is -3.58. The predicted octanol–water partition coefficient (Wildman–Crippen LogP) is 6.65. The van der Waals surface area contributed by atoms with Crippen molar-refractivity contribution >= 4 is 32.6 Å².